The summed E-state index contributed by atoms with van der Waals surface area (Å²) in [7, 11) is 1.30. The monoisotopic (exact) mass is 251 g/mol. The first kappa shape index (κ1) is 11.6. The molecule has 0 N–H and O–H groups in total. The molecule has 0 spiro atoms. The molecule has 17 heavy (non-hydrogen) atoms. The van der Waals surface area contributed by atoms with Crippen molar-refractivity contribution < 1.29 is 9.53 Å². The van der Waals surface area contributed by atoms with Gasteiger partial charge < -0.3 is 4.74 Å². The molecule has 0 radical (unpaired) electrons. The molecule has 0 unspecified atom stereocenters. The van der Waals surface area contributed by atoms with Crippen molar-refractivity contribution in [1.29, 1.82) is 0 Å². The largest absolute Gasteiger partial charge is 0.464 e. The lowest BCUT2D eigenvalue weighted by atomic mass is 10.2. The third-order valence-corrected chi connectivity index (χ3v) is 2.78. The molecule has 0 bridgehead atoms. The molecule has 0 saturated carbocycles. The molecule has 0 saturated heterocycles. The van der Waals surface area contributed by atoms with Gasteiger partial charge in [-0.2, -0.15) is 0 Å². The van der Waals surface area contributed by atoms with Gasteiger partial charge in [-0.3, -0.25) is 0 Å². The van der Waals surface area contributed by atoms with Crippen LogP contribution in [0.25, 0.3) is 5.69 Å². The van der Waals surface area contributed by atoms with Crippen molar-refractivity contribution in [2.45, 2.75) is 6.92 Å². The van der Waals surface area contributed by atoms with E-state index in [4.69, 9.17) is 11.6 Å². The van der Waals surface area contributed by atoms with Gasteiger partial charge in [0.05, 0.1) is 19.0 Å². The highest BCUT2D eigenvalue weighted by atomic mass is 35.5. The minimum absolute atomic E-state index is 0.159. The van der Waals surface area contributed by atoms with Gasteiger partial charge >= 0.3 is 5.97 Å². The maximum Gasteiger partial charge on any atom is 0.360 e. The summed E-state index contributed by atoms with van der Waals surface area (Å²) in [5.74, 6) is -0.518. The van der Waals surface area contributed by atoms with E-state index in [9.17, 15) is 4.79 Å². The zero-order chi connectivity index (χ0) is 12.4. The van der Waals surface area contributed by atoms with E-state index in [2.05, 4.69) is 15.0 Å². The van der Waals surface area contributed by atoms with Crippen molar-refractivity contribution in [3.8, 4) is 5.69 Å². The predicted molar refractivity (Wildman–Crippen MR) is 62.4 cm³/mol. The highest BCUT2D eigenvalue weighted by Crippen LogP contribution is 2.21. The predicted octanol–water partition coefficient (Wildman–Crippen LogP) is 2.02. The van der Waals surface area contributed by atoms with Crippen molar-refractivity contribution in [2.75, 3.05) is 7.11 Å². The highest BCUT2D eigenvalue weighted by Gasteiger charge is 2.12. The minimum Gasteiger partial charge on any atom is -0.464 e. The molecule has 0 aliphatic heterocycles. The first-order valence-electron chi connectivity index (χ1n) is 4.89. The van der Waals surface area contributed by atoms with Gasteiger partial charge in [-0.1, -0.05) is 22.9 Å². The maximum absolute atomic E-state index is 11.2. The molecule has 0 amide bonds. The molecule has 88 valence electrons. The van der Waals surface area contributed by atoms with E-state index >= 15 is 0 Å². The number of esters is 1. The van der Waals surface area contributed by atoms with E-state index in [1.54, 1.807) is 6.07 Å². The maximum atomic E-state index is 11.2. The molecule has 2 rings (SSSR count). The fourth-order valence-electron chi connectivity index (χ4n) is 1.42. The number of ether oxygens (including phenoxy) is 1. The Balaban J connectivity index is 2.44. The topological polar surface area (TPSA) is 57.0 Å². The van der Waals surface area contributed by atoms with E-state index in [-0.39, 0.29) is 5.69 Å². The number of aromatic nitrogens is 3. The Labute approximate surface area is 103 Å². The Morgan fingerprint density at radius 2 is 2.24 bits per heavy atom. The minimum atomic E-state index is -0.518. The molecule has 0 aliphatic carbocycles. The van der Waals surface area contributed by atoms with Crippen LogP contribution in [-0.2, 0) is 4.74 Å². The quantitative estimate of drug-likeness (QED) is 0.766. The molecule has 0 atom stereocenters. The molecule has 0 aliphatic rings. The van der Waals surface area contributed by atoms with Crippen molar-refractivity contribution >= 4 is 17.6 Å². The molecule has 1 aromatic heterocycles. The van der Waals surface area contributed by atoms with E-state index in [1.165, 1.54) is 18.0 Å². The Morgan fingerprint density at radius 3 is 2.94 bits per heavy atom. The van der Waals surface area contributed by atoms with Crippen molar-refractivity contribution in [2.24, 2.45) is 0 Å². The smallest absolute Gasteiger partial charge is 0.360 e. The molecular weight excluding hydrogens is 242 g/mol. The van der Waals surface area contributed by atoms with E-state index in [0.717, 1.165) is 11.3 Å². The van der Waals surface area contributed by atoms with Crippen LogP contribution in [0.5, 0.6) is 0 Å². The molecule has 6 heteroatoms. The summed E-state index contributed by atoms with van der Waals surface area (Å²) in [6, 6.07) is 5.44. The van der Waals surface area contributed by atoms with Gasteiger partial charge in [0.2, 0.25) is 0 Å². The third-order valence-electron chi connectivity index (χ3n) is 2.37. The average molecular weight is 252 g/mol. The number of nitrogens with zero attached hydrogens (tertiary/aromatic N) is 3. The Morgan fingerprint density at radius 1 is 1.47 bits per heavy atom. The number of carbonyl (C=O) groups excluding carboxylic acids is 1. The van der Waals surface area contributed by atoms with Crippen LogP contribution in [0, 0.1) is 6.92 Å². The molecule has 5 nitrogen and oxygen atoms in total. The first-order valence-corrected chi connectivity index (χ1v) is 5.27. The number of rotatable bonds is 2. The summed E-state index contributed by atoms with van der Waals surface area (Å²) in [6.45, 7) is 1.87. The Bertz CT molecular complexity index is 566. The highest BCUT2D eigenvalue weighted by molar-refractivity contribution is 6.31. The second-order valence-corrected chi connectivity index (χ2v) is 3.83. The number of benzene rings is 1. The lowest BCUT2D eigenvalue weighted by Crippen LogP contribution is -2.01. The van der Waals surface area contributed by atoms with Crippen LogP contribution >= 0.6 is 11.6 Å². The van der Waals surface area contributed by atoms with Crippen LogP contribution in [0.1, 0.15) is 16.1 Å². The summed E-state index contributed by atoms with van der Waals surface area (Å²) in [5.41, 5.74) is 1.81. The fourth-order valence-corrected chi connectivity index (χ4v) is 1.59. The van der Waals surface area contributed by atoms with Gasteiger partial charge in [-0.25, -0.2) is 9.48 Å². The SMILES string of the molecule is COC(=O)c1cn(-c2cccc(Cl)c2C)nn1. The fraction of sp³-hybridized carbons (Fsp3) is 0.182. The van der Waals surface area contributed by atoms with Crippen molar-refractivity contribution in [3.05, 3.63) is 40.7 Å². The molecular formula is C11H10ClN3O2. The summed E-state index contributed by atoms with van der Waals surface area (Å²) in [6.07, 6.45) is 1.50. The summed E-state index contributed by atoms with van der Waals surface area (Å²) >= 11 is 6.01. The van der Waals surface area contributed by atoms with Crippen LogP contribution < -0.4 is 0 Å². The van der Waals surface area contributed by atoms with Gasteiger partial charge in [0.1, 0.15) is 0 Å². The van der Waals surface area contributed by atoms with Crippen LogP contribution in [0.3, 0.4) is 0 Å². The number of halogens is 1. The second kappa shape index (κ2) is 4.55. The van der Waals surface area contributed by atoms with Crippen LogP contribution in [0.4, 0.5) is 0 Å². The van der Waals surface area contributed by atoms with Crippen LogP contribution in [0.2, 0.25) is 5.02 Å². The second-order valence-electron chi connectivity index (χ2n) is 3.42. The van der Waals surface area contributed by atoms with Crippen LogP contribution in [0.15, 0.2) is 24.4 Å². The lowest BCUT2D eigenvalue weighted by molar-refractivity contribution is 0.0594. The normalized spacial score (nSPS) is 10.3. The van der Waals surface area contributed by atoms with Crippen molar-refractivity contribution in [3.63, 3.8) is 0 Å². The van der Waals surface area contributed by atoms with E-state index in [0.29, 0.717) is 5.02 Å². The Hall–Kier alpha value is -1.88. The molecule has 1 aromatic carbocycles. The lowest BCUT2D eigenvalue weighted by Gasteiger charge is -2.05. The van der Waals surface area contributed by atoms with Gasteiger partial charge in [0.25, 0.3) is 0 Å². The zero-order valence-electron chi connectivity index (χ0n) is 9.35. The van der Waals surface area contributed by atoms with Crippen molar-refractivity contribution in [1.82, 2.24) is 15.0 Å². The first-order chi connectivity index (χ1) is 8.13. The number of methoxy groups -OCH3 is 1. The number of hydrogen-bond acceptors (Lipinski definition) is 4. The standard InChI is InChI=1S/C11H10ClN3O2/c1-7-8(12)4-3-5-10(7)15-6-9(13-14-15)11(16)17-2/h3-6H,1-2H3. The summed E-state index contributed by atoms with van der Waals surface area (Å²) in [5, 5.41) is 8.23. The van der Waals surface area contributed by atoms with Gasteiger partial charge in [-0.15, -0.1) is 5.10 Å². The summed E-state index contributed by atoms with van der Waals surface area (Å²) < 4.78 is 6.05. The third kappa shape index (κ3) is 2.14. The molecule has 2 aromatic rings. The molecule has 1 heterocycles. The Kier molecular flexibility index (Phi) is 3.10. The van der Waals surface area contributed by atoms with Crippen LogP contribution in [-0.4, -0.2) is 28.1 Å². The number of carbonyl (C=O) groups is 1. The van der Waals surface area contributed by atoms with E-state index in [1.807, 2.05) is 19.1 Å². The summed E-state index contributed by atoms with van der Waals surface area (Å²) in [4.78, 5) is 11.2. The van der Waals surface area contributed by atoms with Gasteiger partial charge in [-0.05, 0) is 24.6 Å². The van der Waals surface area contributed by atoms with E-state index < -0.39 is 5.97 Å². The number of hydrogen-bond donors (Lipinski definition) is 0. The molecule has 0 fully saturated rings. The zero-order valence-corrected chi connectivity index (χ0v) is 10.1. The average Bonchev–Trinajstić information content (AvgIpc) is 2.81. The van der Waals surface area contributed by atoms with Gasteiger partial charge in [0, 0.05) is 5.02 Å². The van der Waals surface area contributed by atoms with Gasteiger partial charge in [0.15, 0.2) is 5.69 Å².